The highest BCUT2D eigenvalue weighted by Gasteiger charge is 2.22. The molecule has 4 nitrogen and oxygen atoms in total. The Bertz CT molecular complexity index is 290. The maximum Gasteiger partial charge on any atom is 0.281 e. The van der Waals surface area contributed by atoms with Crippen LogP contribution in [0.15, 0.2) is 0 Å². The van der Waals surface area contributed by atoms with E-state index in [4.69, 9.17) is 0 Å². The molecule has 0 radical (unpaired) electrons. The Hall–Kier alpha value is -0.710. The molecule has 1 saturated heterocycles. The zero-order chi connectivity index (χ0) is 12.1. The Morgan fingerprint density at radius 3 is 2.76 bits per heavy atom. The van der Waals surface area contributed by atoms with E-state index in [1.54, 1.807) is 4.90 Å². The molecule has 1 N–H and O–H groups in total. The van der Waals surface area contributed by atoms with Gasteiger partial charge in [0, 0.05) is 31.3 Å². The van der Waals surface area contributed by atoms with Gasteiger partial charge in [-0.1, -0.05) is 31.0 Å². The Morgan fingerprint density at radius 1 is 1.35 bits per heavy atom. The second-order valence-corrected chi connectivity index (χ2v) is 5.80. The largest absolute Gasteiger partial charge is 0.353 e. The fourth-order valence-electron chi connectivity index (χ4n) is 2.41. The first-order chi connectivity index (χ1) is 8.25. The highest BCUT2D eigenvalue weighted by Crippen LogP contribution is 2.18. The quantitative estimate of drug-likeness (QED) is 0.837. The van der Waals surface area contributed by atoms with Crippen molar-refractivity contribution < 1.29 is 9.59 Å². The summed E-state index contributed by atoms with van der Waals surface area (Å²) in [5.41, 5.74) is 0. The number of nitrogens with zero attached hydrogens (tertiary/aromatic N) is 1. The van der Waals surface area contributed by atoms with Crippen LogP contribution in [0.4, 0.5) is 4.79 Å². The zero-order valence-corrected chi connectivity index (χ0v) is 10.9. The standard InChI is InChI=1S/C12H20N2O2S/c15-11(13-10-4-2-1-3-5-10)6-7-14-8-9-17-12(14)16/h10H,1-9H2,(H,13,15). The van der Waals surface area contributed by atoms with Gasteiger partial charge in [-0.2, -0.15) is 0 Å². The molecule has 1 heterocycles. The molecule has 2 amide bonds. The van der Waals surface area contributed by atoms with Gasteiger partial charge in [-0.05, 0) is 12.8 Å². The lowest BCUT2D eigenvalue weighted by molar-refractivity contribution is -0.122. The number of hydrogen-bond donors (Lipinski definition) is 1. The second-order valence-electron chi connectivity index (χ2n) is 4.75. The summed E-state index contributed by atoms with van der Waals surface area (Å²) in [6.07, 6.45) is 6.43. The number of nitrogens with one attached hydrogen (secondary N) is 1. The summed E-state index contributed by atoms with van der Waals surface area (Å²) >= 11 is 1.35. The fourth-order valence-corrected chi connectivity index (χ4v) is 3.26. The van der Waals surface area contributed by atoms with Gasteiger partial charge in [0.05, 0.1) is 0 Å². The molecule has 2 fully saturated rings. The Kier molecular flexibility index (Phi) is 4.71. The van der Waals surface area contributed by atoms with Gasteiger partial charge in [0.15, 0.2) is 0 Å². The van der Waals surface area contributed by atoms with Gasteiger partial charge < -0.3 is 10.2 Å². The van der Waals surface area contributed by atoms with Gasteiger partial charge in [0.2, 0.25) is 5.91 Å². The monoisotopic (exact) mass is 256 g/mol. The van der Waals surface area contributed by atoms with E-state index in [1.807, 2.05) is 0 Å². The zero-order valence-electron chi connectivity index (χ0n) is 10.1. The number of hydrogen-bond acceptors (Lipinski definition) is 3. The van der Waals surface area contributed by atoms with Crippen molar-refractivity contribution in [1.29, 1.82) is 0 Å². The molecule has 0 aromatic rings. The highest BCUT2D eigenvalue weighted by atomic mass is 32.2. The van der Waals surface area contributed by atoms with Crippen LogP contribution in [0.1, 0.15) is 38.5 Å². The molecule has 0 bridgehead atoms. The molecule has 2 rings (SSSR count). The maximum atomic E-state index is 11.7. The van der Waals surface area contributed by atoms with Crippen molar-refractivity contribution in [2.75, 3.05) is 18.8 Å². The van der Waals surface area contributed by atoms with E-state index in [9.17, 15) is 9.59 Å². The minimum Gasteiger partial charge on any atom is -0.353 e. The highest BCUT2D eigenvalue weighted by molar-refractivity contribution is 8.13. The molecule has 0 spiro atoms. The van der Waals surface area contributed by atoms with Gasteiger partial charge in [-0.15, -0.1) is 0 Å². The topological polar surface area (TPSA) is 49.4 Å². The average molecular weight is 256 g/mol. The van der Waals surface area contributed by atoms with Crippen molar-refractivity contribution in [3.05, 3.63) is 0 Å². The van der Waals surface area contributed by atoms with Crippen molar-refractivity contribution in [3.63, 3.8) is 0 Å². The molecule has 2 aliphatic rings. The predicted molar refractivity (Wildman–Crippen MR) is 69.1 cm³/mol. The number of amides is 2. The van der Waals surface area contributed by atoms with Crippen LogP contribution in [0.5, 0.6) is 0 Å². The fraction of sp³-hybridized carbons (Fsp3) is 0.833. The first kappa shape index (κ1) is 12.7. The summed E-state index contributed by atoms with van der Waals surface area (Å²) in [5, 5.41) is 3.19. The van der Waals surface area contributed by atoms with Gasteiger partial charge in [0.25, 0.3) is 5.24 Å². The first-order valence-corrected chi connectivity index (χ1v) is 7.45. The van der Waals surface area contributed by atoms with E-state index in [-0.39, 0.29) is 11.1 Å². The van der Waals surface area contributed by atoms with E-state index >= 15 is 0 Å². The molecule has 0 aromatic carbocycles. The maximum absolute atomic E-state index is 11.7. The predicted octanol–water partition coefficient (Wildman–Crippen LogP) is 1.99. The van der Waals surface area contributed by atoms with Gasteiger partial charge in [-0.3, -0.25) is 9.59 Å². The molecule has 1 aliphatic carbocycles. The molecule has 0 unspecified atom stereocenters. The molecule has 1 saturated carbocycles. The number of thioether (sulfide) groups is 1. The molecule has 17 heavy (non-hydrogen) atoms. The minimum atomic E-state index is 0.0987. The summed E-state index contributed by atoms with van der Waals surface area (Å²) in [6, 6.07) is 0.375. The molecular weight excluding hydrogens is 236 g/mol. The lowest BCUT2D eigenvalue weighted by Crippen LogP contribution is -2.38. The van der Waals surface area contributed by atoms with E-state index in [1.165, 1.54) is 31.0 Å². The third-order valence-electron chi connectivity index (χ3n) is 3.42. The van der Waals surface area contributed by atoms with Gasteiger partial charge in [0.1, 0.15) is 0 Å². The summed E-state index contributed by atoms with van der Waals surface area (Å²) in [7, 11) is 0. The van der Waals surface area contributed by atoms with E-state index in [0.29, 0.717) is 19.0 Å². The van der Waals surface area contributed by atoms with Crippen LogP contribution < -0.4 is 5.32 Å². The van der Waals surface area contributed by atoms with Crippen LogP contribution in [0, 0.1) is 0 Å². The number of carbonyl (C=O) groups is 2. The van der Waals surface area contributed by atoms with Gasteiger partial charge in [-0.25, -0.2) is 0 Å². The smallest absolute Gasteiger partial charge is 0.281 e. The van der Waals surface area contributed by atoms with Crippen molar-refractivity contribution in [3.8, 4) is 0 Å². The van der Waals surface area contributed by atoms with Crippen LogP contribution in [0.2, 0.25) is 0 Å². The van der Waals surface area contributed by atoms with E-state index in [2.05, 4.69) is 5.32 Å². The molecule has 96 valence electrons. The molecule has 5 heteroatoms. The van der Waals surface area contributed by atoms with Crippen molar-refractivity contribution in [2.45, 2.75) is 44.6 Å². The average Bonchev–Trinajstić information content (AvgIpc) is 2.74. The van der Waals surface area contributed by atoms with E-state index in [0.717, 1.165) is 25.1 Å². The summed E-state index contributed by atoms with van der Waals surface area (Å²) < 4.78 is 0. The van der Waals surface area contributed by atoms with Crippen LogP contribution in [-0.4, -0.2) is 40.9 Å². The molecule has 0 atom stereocenters. The van der Waals surface area contributed by atoms with Crippen molar-refractivity contribution in [1.82, 2.24) is 10.2 Å². The van der Waals surface area contributed by atoms with Crippen molar-refractivity contribution in [2.24, 2.45) is 0 Å². The third-order valence-corrected chi connectivity index (χ3v) is 4.32. The number of carbonyl (C=O) groups excluding carboxylic acids is 2. The number of rotatable bonds is 4. The third kappa shape index (κ3) is 3.91. The molecule has 1 aliphatic heterocycles. The summed E-state index contributed by atoms with van der Waals surface area (Å²) in [4.78, 5) is 24.8. The van der Waals surface area contributed by atoms with Crippen LogP contribution in [-0.2, 0) is 4.79 Å². The SMILES string of the molecule is O=C(CCN1CCSC1=O)NC1CCCCC1. The molecule has 0 aromatic heterocycles. The van der Waals surface area contributed by atoms with E-state index < -0.39 is 0 Å². The van der Waals surface area contributed by atoms with Crippen LogP contribution >= 0.6 is 11.8 Å². The Labute approximate surface area is 106 Å². The lowest BCUT2D eigenvalue weighted by atomic mass is 9.95. The lowest BCUT2D eigenvalue weighted by Gasteiger charge is -2.23. The second kappa shape index (κ2) is 6.28. The first-order valence-electron chi connectivity index (χ1n) is 6.47. The summed E-state index contributed by atoms with van der Waals surface area (Å²) in [6.45, 7) is 1.37. The summed E-state index contributed by atoms with van der Waals surface area (Å²) in [5.74, 6) is 0.963. The molecular formula is C12H20N2O2S. The Morgan fingerprint density at radius 2 is 2.12 bits per heavy atom. The normalized spacial score (nSPS) is 21.9. The van der Waals surface area contributed by atoms with Gasteiger partial charge >= 0.3 is 0 Å². The van der Waals surface area contributed by atoms with Crippen LogP contribution in [0.3, 0.4) is 0 Å². The minimum absolute atomic E-state index is 0.0987. The van der Waals surface area contributed by atoms with Crippen molar-refractivity contribution >= 4 is 22.9 Å². The Balaban J connectivity index is 1.64. The van der Waals surface area contributed by atoms with Crippen LogP contribution in [0.25, 0.3) is 0 Å².